The van der Waals surface area contributed by atoms with Crippen LogP contribution in [0.25, 0.3) is 0 Å². The van der Waals surface area contributed by atoms with E-state index in [2.05, 4.69) is 29.6 Å². The second-order valence-corrected chi connectivity index (χ2v) is 4.96. The van der Waals surface area contributed by atoms with Crippen LogP contribution < -0.4 is 5.43 Å². The van der Waals surface area contributed by atoms with E-state index < -0.39 is 0 Å². The first kappa shape index (κ1) is 13.6. The van der Waals surface area contributed by atoms with Crippen LogP contribution in [0.1, 0.15) is 24.0 Å². The minimum Gasteiger partial charge on any atom is -0.279 e. The minimum absolute atomic E-state index is 0.273. The molecule has 0 bridgehead atoms. The minimum atomic E-state index is 0.273. The Labute approximate surface area is 119 Å². The lowest BCUT2D eigenvalue weighted by molar-refractivity contribution is 1.04. The van der Waals surface area contributed by atoms with Crippen molar-refractivity contribution < 1.29 is 0 Å². The van der Waals surface area contributed by atoms with Crippen LogP contribution in [0.15, 0.2) is 53.6 Å². The highest BCUT2D eigenvalue weighted by Crippen LogP contribution is 2.20. The van der Waals surface area contributed by atoms with E-state index in [1.165, 1.54) is 5.56 Å². The number of hydrazone groups is 1. The van der Waals surface area contributed by atoms with Gasteiger partial charge >= 0.3 is 0 Å². The molecule has 0 heterocycles. The molecule has 2 rings (SSSR count). The quantitative estimate of drug-likeness (QED) is 0.624. The van der Waals surface area contributed by atoms with Crippen molar-refractivity contribution in [2.75, 3.05) is 5.43 Å². The number of aryl methyl sites for hydroxylation is 1. The molecule has 3 heteroatoms. The molecule has 0 spiro atoms. The molecule has 0 aromatic heterocycles. The summed E-state index contributed by atoms with van der Waals surface area (Å²) in [6, 6.07) is 16.1. The van der Waals surface area contributed by atoms with Crippen LogP contribution in [-0.4, -0.2) is 6.21 Å². The lowest BCUT2D eigenvalue weighted by Crippen LogP contribution is -1.97. The number of anilines is 1. The van der Waals surface area contributed by atoms with E-state index >= 15 is 0 Å². The predicted octanol–water partition coefficient (Wildman–Crippen LogP) is 4.85. The number of halogens is 1. The smallest absolute Gasteiger partial charge is 0.0576 e. The molecule has 0 unspecified atom stereocenters. The van der Waals surface area contributed by atoms with Crippen molar-refractivity contribution in [3.05, 3.63) is 64.7 Å². The molecule has 0 saturated heterocycles. The van der Waals surface area contributed by atoms with Gasteiger partial charge in [0.2, 0.25) is 0 Å². The maximum Gasteiger partial charge on any atom is 0.0576 e. The summed E-state index contributed by atoms with van der Waals surface area (Å²) in [6.45, 7) is 4.09. The zero-order valence-corrected chi connectivity index (χ0v) is 11.9. The Morgan fingerprint density at radius 1 is 1.16 bits per heavy atom. The summed E-state index contributed by atoms with van der Waals surface area (Å²) in [4.78, 5) is 0. The summed E-state index contributed by atoms with van der Waals surface area (Å²) in [7, 11) is 0. The number of nitrogens with one attached hydrogen (secondary N) is 1. The van der Waals surface area contributed by atoms with Crippen LogP contribution in [0.2, 0.25) is 5.02 Å². The largest absolute Gasteiger partial charge is 0.279 e. The van der Waals surface area contributed by atoms with Gasteiger partial charge in [-0.05, 0) is 30.2 Å². The van der Waals surface area contributed by atoms with Gasteiger partial charge in [-0.3, -0.25) is 5.43 Å². The summed E-state index contributed by atoms with van der Waals surface area (Å²) < 4.78 is 0. The van der Waals surface area contributed by atoms with E-state index in [0.29, 0.717) is 0 Å². The molecule has 0 saturated carbocycles. The van der Waals surface area contributed by atoms with Gasteiger partial charge in [-0.15, -0.1) is 0 Å². The van der Waals surface area contributed by atoms with E-state index in [1.54, 1.807) is 0 Å². The summed E-state index contributed by atoms with van der Waals surface area (Å²) >= 11 is 6.06. The first-order valence-electron chi connectivity index (χ1n) is 6.27. The van der Waals surface area contributed by atoms with Crippen LogP contribution in [0, 0.1) is 6.92 Å². The van der Waals surface area contributed by atoms with Gasteiger partial charge in [0.25, 0.3) is 0 Å². The zero-order valence-electron chi connectivity index (χ0n) is 11.1. The Balaban J connectivity index is 1.98. The number of benzene rings is 2. The summed E-state index contributed by atoms with van der Waals surface area (Å²) in [5, 5.41) is 5.00. The van der Waals surface area contributed by atoms with Gasteiger partial charge in [-0.25, -0.2) is 0 Å². The molecule has 98 valence electrons. The van der Waals surface area contributed by atoms with E-state index in [-0.39, 0.29) is 5.92 Å². The average Bonchev–Trinajstić information content (AvgIpc) is 2.43. The maximum absolute atomic E-state index is 6.06. The molecular formula is C16H17ClN2. The summed E-state index contributed by atoms with van der Waals surface area (Å²) in [5.41, 5.74) is 6.20. The molecule has 19 heavy (non-hydrogen) atoms. The van der Waals surface area contributed by atoms with Crippen LogP contribution in [0.5, 0.6) is 0 Å². The molecule has 0 aliphatic heterocycles. The molecule has 0 aliphatic rings. The fourth-order valence-corrected chi connectivity index (χ4v) is 1.91. The van der Waals surface area contributed by atoms with Crippen molar-refractivity contribution in [2.24, 2.45) is 5.10 Å². The molecular weight excluding hydrogens is 256 g/mol. The van der Waals surface area contributed by atoms with Gasteiger partial charge in [0, 0.05) is 17.2 Å². The topological polar surface area (TPSA) is 24.4 Å². The Bertz CT molecular complexity index is 564. The van der Waals surface area contributed by atoms with Gasteiger partial charge in [-0.2, -0.15) is 5.10 Å². The van der Waals surface area contributed by atoms with E-state index in [0.717, 1.165) is 16.3 Å². The highest BCUT2D eigenvalue weighted by atomic mass is 35.5. The van der Waals surface area contributed by atoms with Gasteiger partial charge in [0.1, 0.15) is 0 Å². The van der Waals surface area contributed by atoms with E-state index in [9.17, 15) is 0 Å². The standard InChI is InChI=1S/C16H17ClN2/c1-12-8-9-15(10-16(12)17)19-18-11-13(2)14-6-4-3-5-7-14/h3-11,13,19H,1-2H3/b18-11-/t13-/m1/s1. The van der Waals surface area contributed by atoms with E-state index in [1.807, 2.05) is 49.5 Å². The first-order valence-corrected chi connectivity index (χ1v) is 6.65. The van der Waals surface area contributed by atoms with Crippen molar-refractivity contribution in [2.45, 2.75) is 19.8 Å². The van der Waals surface area contributed by atoms with E-state index in [4.69, 9.17) is 11.6 Å². The zero-order chi connectivity index (χ0) is 13.7. The third-order valence-corrected chi connectivity index (χ3v) is 3.40. The normalized spacial score (nSPS) is 12.6. The molecule has 0 aliphatic carbocycles. The van der Waals surface area contributed by atoms with Crippen LogP contribution in [-0.2, 0) is 0 Å². The van der Waals surface area contributed by atoms with Gasteiger partial charge in [0.15, 0.2) is 0 Å². The second kappa shape index (κ2) is 6.39. The molecule has 0 fully saturated rings. The second-order valence-electron chi connectivity index (χ2n) is 4.55. The summed E-state index contributed by atoms with van der Waals surface area (Å²) in [5.74, 6) is 0.273. The van der Waals surface area contributed by atoms with Gasteiger partial charge in [0.05, 0.1) is 5.69 Å². The highest BCUT2D eigenvalue weighted by molar-refractivity contribution is 6.31. The number of hydrogen-bond donors (Lipinski definition) is 1. The Morgan fingerprint density at radius 2 is 1.89 bits per heavy atom. The van der Waals surface area contributed by atoms with Gasteiger partial charge in [-0.1, -0.05) is 54.9 Å². The number of nitrogens with zero attached hydrogens (tertiary/aromatic N) is 1. The molecule has 2 nitrogen and oxygen atoms in total. The Hall–Kier alpha value is -1.80. The number of rotatable bonds is 4. The van der Waals surface area contributed by atoms with Crippen molar-refractivity contribution >= 4 is 23.5 Å². The van der Waals surface area contributed by atoms with Crippen molar-refractivity contribution in [1.82, 2.24) is 0 Å². The lowest BCUT2D eigenvalue weighted by Gasteiger charge is -2.06. The lowest BCUT2D eigenvalue weighted by atomic mass is 10.0. The summed E-state index contributed by atoms with van der Waals surface area (Å²) in [6.07, 6.45) is 1.89. The Kier molecular flexibility index (Phi) is 4.58. The highest BCUT2D eigenvalue weighted by Gasteiger charge is 2.00. The molecule has 0 radical (unpaired) electrons. The third-order valence-electron chi connectivity index (χ3n) is 2.99. The van der Waals surface area contributed by atoms with Crippen LogP contribution >= 0.6 is 11.6 Å². The predicted molar refractivity (Wildman–Crippen MR) is 83.2 cm³/mol. The third kappa shape index (κ3) is 3.83. The first-order chi connectivity index (χ1) is 9.16. The average molecular weight is 273 g/mol. The SMILES string of the molecule is Cc1ccc(N/N=C\[C@@H](C)c2ccccc2)cc1Cl. The molecule has 1 atom stereocenters. The molecule has 1 N–H and O–H groups in total. The van der Waals surface area contributed by atoms with Crippen LogP contribution in [0.4, 0.5) is 5.69 Å². The monoisotopic (exact) mass is 272 g/mol. The Morgan fingerprint density at radius 3 is 2.58 bits per heavy atom. The molecule has 0 amide bonds. The van der Waals surface area contributed by atoms with Crippen LogP contribution in [0.3, 0.4) is 0 Å². The van der Waals surface area contributed by atoms with Crippen molar-refractivity contribution in [1.29, 1.82) is 0 Å². The number of hydrogen-bond acceptors (Lipinski definition) is 2. The fourth-order valence-electron chi connectivity index (χ4n) is 1.73. The molecule has 2 aromatic carbocycles. The van der Waals surface area contributed by atoms with Crippen molar-refractivity contribution in [3.63, 3.8) is 0 Å². The fraction of sp³-hybridized carbons (Fsp3) is 0.188. The maximum atomic E-state index is 6.06. The molecule has 2 aromatic rings. The van der Waals surface area contributed by atoms with Crippen molar-refractivity contribution in [3.8, 4) is 0 Å². The van der Waals surface area contributed by atoms with Gasteiger partial charge < -0.3 is 0 Å².